The summed E-state index contributed by atoms with van der Waals surface area (Å²) in [5.74, 6) is -0.243. The number of carboxylic acid groups (broad SMARTS) is 1. The fourth-order valence-electron chi connectivity index (χ4n) is 2.89. The molecule has 0 saturated heterocycles. The Morgan fingerprint density at radius 1 is 1.13 bits per heavy atom. The maximum absolute atomic E-state index is 12.2. The summed E-state index contributed by atoms with van der Waals surface area (Å²) >= 11 is 0. The molecule has 1 aromatic carbocycles. The van der Waals surface area contributed by atoms with Gasteiger partial charge >= 0.3 is 5.97 Å². The molecule has 1 aliphatic carbocycles. The third-order valence-corrected chi connectivity index (χ3v) is 4.21. The van der Waals surface area contributed by atoms with E-state index >= 15 is 0 Å². The van der Waals surface area contributed by atoms with Gasteiger partial charge in [-0.05, 0) is 57.2 Å². The quantitative estimate of drug-likeness (QED) is 0.845. The van der Waals surface area contributed by atoms with E-state index in [1.54, 1.807) is 0 Å². The minimum absolute atomic E-state index is 0.0244. The molecule has 1 aromatic rings. The molecule has 0 aromatic heterocycles. The van der Waals surface area contributed by atoms with Crippen molar-refractivity contribution < 1.29 is 19.4 Å². The lowest BCUT2D eigenvalue weighted by Crippen LogP contribution is -2.34. The lowest BCUT2D eigenvalue weighted by atomic mass is 9.81. The molecule has 0 unspecified atom stereocenters. The van der Waals surface area contributed by atoms with Crippen LogP contribution in [-0.2, 0) is 16.1 Å². The third kappa shape index (κ3) is 5.27. The van der Waals surface area contributed by atoms with Gasteiger partial charge in [0.15, 0.2) is 0 Å². The summed E-state index contributed by atoms with van der Waals surface area (Å²) in [6, 6.07) is 7.69. The van der Waals surface area contributed by atoms with Crippen molar-refractivity contribution in [2.45, 2.75) is 52.2 Å². The van der Waals surface area contributed by atoms with Gasteiger partial charge in [-0.15, -0.1) is 0 Å². The standard InChI is InChI=1S/C18H25NO4/c1-12(2)23-16-9-3-13(4-10-16)11-19-17(20)14-5-7-15(8-6-14)18(21)22/h3-4,9-10,12,14-15H,5-8,11H2,1-2H3,(H,19,20)(H,21,22). The van der Waals surface area contributed by atoms with Gasteiger partial charge in [0, 0.05) is 12.5 Å². The van der Waals surface area contributed by atoms with Crippen molar-refractivity contribution in [2.75, 3.05) is 0 Å². The first-order valence-electron chi connectivity index (χ1n) is 8.22. The number of rotatable bonds is 6. The zero-order chi connectivity index (χ0) is 16.8. The summed E-state index contributed by atoms with van der Waals surface area (Å²) in [4.78, 5) is 23.1. The first-order chi connectivity index (χ1) is 11.0. The fourth-order valence-corrected chi connectivity index (χ4v) is 2.89. The van der Waals surface area contributed by atoms with E-state index in [4.69, 9.17) is 9.84 Å². The molecule has 126 valence electrons. The first kappa shape index (κ1) is 17.3. The topological polar surface area (TPSA) is 75.6 Å². The summed E-state index contributed by atoms with van der Waals surface area (Å²) in [6.07, 6.45) is 2.64. The van der Waals surface area contributed by atoms with Crippen LogP contribution in [0.25, 0.3) is 0 Å². The molecule has 23 heavy (non-hydrogen) atoms. The van der Waals surface area contributed by atoms with Gasteiger partial charge in [-0.1, -0.05) is 12.1 Å². The number of hydrogen-bond donors (Lipinski definition) is 2. The summed E-state index contributed by atoms with van der Waals surface area (Å²) in [5.41, 5.74) is 1.02. The first-order valence-corrected chi connectivity index (χ1v) is 8.22. The van der Waals surface area contributed by atoms with Crippen molar-refractivity contribution in [3.8, 4) is 5.75 Å². The highest BCUT2D eigenvalue weighted by atomic mass is 16.5. The van der Waals surface area contributed by atoms with E-state index in [1.807, 2.05) is 38.1 Å². The van der Waals surface area contributed by atoms with E-state index in [-0.39, 0.29) is 23.8 Å². The summed E-state index contributed by atoms with van der Waals surface area (Å²) in [7, 11) is 0. The van der Waals surface area contributed by atoms with Gasteiger partial charge < -0.3 is 15.2 Å². The van der Waals surface area contributed by atoms with Crippen LogP contribution in [0, 0.1) is 11.8 Å². The second-order valence-corrected chi connectivity index (χ2v) is 6.42. The average molecular weight is 319 g/mol. The molecule has 1 aliphatic rings. The molecule has 0 radical (unpaired) electrons. The maximum atomic E-state index is 12.2. The second-order valence-electron chi connectivity index (χ2n) is 6.42. The molecule has 0 bridgehead atoms. The number of aliphatic carboxylic acids is 1. The third-order valence-electron chi connectivity index (χ3n) is 4.21. The molecule has 0 aliphatic heterocycles. The number of carbonyl (C=O) groups excluding carboxylic acids is 1. The van der Waals surface area contributed by atoms with Crippen LogP contribution < -0.4 is 10.1 Å². The highest BCUT2D eigenvalue weighted by Gasteiger charge is 2.29. The Morgan fingerprint density at radius 3 is 2.22 bits per heavy atom. The number of benzene rings is 1. The Bertz CT molecular complexity index is 530. The smallest absolute Gasteiger partial charge is 0.306 e. The molecule has 5 heteroatoms. The van der Waals surface area contributed by atoms with E-state index in [9.17, 15) is 9.59 Å². The molecule has 0 heterocycles. The molecular weight excluding hydrogens is 294 g/mol. The monoisotopic (exact) mass is 319 g/mol. The van der Waals surface area contributed by atoms with Crippen molar-refractivity contribution in [1.29, 1.82) is 0 Å². The molecule has 5 nitrogen and oxygen atoms in total. The fraction of sp³-hybridized carbons (Fsp3) is 0.556. The van der Waals surface area contributed by atoms with Gasteiger partial charge in [0.1, 0.15) is 5.75 Å². The molecule has 1 saturated carbocycles. The molecule has 1 amide bonds. The SMILES string of the molecule is CC(C)Oc1ccc(CNC(=O)C2CCC(C(=O)O)CC2)cc1. The number of hydrogen-bond acceptors (Lipinski definition) is 3. The van der Waals surface area contributed by atoms with Crippen LogP contribution in [0.3, 0.4) is 0 Å². The Kier molecular flexibility index (Phi) is 6.02. The van der Waals surface area contributed by atoms with Crippen LogP contribution in [-0.4, -0.2) is 23.1 Å². The summed E-state index contributed by atoms with van der Waals surface area (Å²) in [6.45, 7) is 4.44. The summed E-state index contributed by atoms with van der Waals surface area (Å²) in [5, 5.41) is 11.9. The predicted molar refractivity (Wildman–Crippen MR) is 87.1 cm³/mol. The Hall–Kier alpha value is -2.04. The molecule has 0 atom stereocenters. The van der Waals surface area contributed by atoms with Crippen LogP contribution in [0.5, 0.6) is 5.75 Å². The van der Waals surface area contributed by atoms with Gasteiger partial charge in [-0.3, -0.25) is 9.59 Å². The minimum Gasteiger partial charge on any atom is -0.491 e. The van der Waals surface area contributed by atoms with Crippen LogP contribution in [0.15, 0.2) is 24.3 Å². The van der Waals surface area contributed by atoms with Crippen LogP contribution in [0.2, 0.25) is 0 Å². The molecule has 1 fully saturated rings. The normalized spacial score (nSPS) is 21.0. The highest BCUT2D eigenvalue weighted by molar-refractivity contribution is 5.79. The van der Waals surface area contributed by atoms with E-state index in [0.29, 0.717) is 32.2 Å². The number of carbonyl (C=O) groups is 2. The van der Waals surface area contributed by atoms with Gasteiger partial charge in [0.2, 0.25) is 5.91 Å². The van der Waals surface area contributed by atoms with Crippen LogP contribution >= 0.6 is 0 Å². The van der Waals surface area contributed by atoms with Crippen LogP contribution in [0.4, 0.5) is 0 Å². The molecule has 2 rings (SSSR count). The van der Waals surface area contributed by atoms with Crippen molar-refractivity contribution in [3.05, 3.63) is 29.8 Å². The predicted octanol–water partition coefficient (Wildman–Crippen LogP) is 2.98. The van der Waals surface area contributed by atoms with Crippen molar-refractivity contribution in [2.24, 2.45) is 11.8 Å². The maximum Gasteiger partial charge on any atom is 0.306 e. The summed E-state index contributed by atoms with van der Waals surface area (Å²) < 4.78 is 5.58. The number of nitrogens with one attached hydrogen (secondary N) is 1. The Labute approximate surface area is 137 Å². The van der Waals surface area contributed by atoms with E-state index in [1.165, 1.54) is 0 Å². The second kappa shape index (κ2) is 7.99. The zero-order valence-corrected chi connectivity index (χ0v) is 13.7. The average Bonchev–Trinajstić information content (AvgIpc) is 2.53. The molecule has 2 N–H and O–H groups in total. The lowest BCUT2D eigenvalue weighted by molar-refractivity contribution is -0.144. The number of carboxylic acids is 1. The Morgan fingerprint density at radius 2 is 1.70 bits per heavy atom. The van der Waals surface area contributed by atoms with Gasteiger partial charge in [0.05, 0.1) is 12.0 Å². The lowest BCUT2D eigenvalue weighted by Gasteiger charge is -2.25. The largest absolute Gasteiger partial charge is 0.491 e. The highest BCUT2D eigenvalue weighted by Crippen LogP contribution is 2.29. The Balaban J connectivity index is 1.77. The molecule has 0 spiro atoms. The van der Waals surface area contributed by atoms with E-state index in [0.717, 1.165) is 11.3 Å². The van der Waals surface area contributed by atoms with Gasteiger partial charge in [-0.25, -0.2) is 0 Å². The van der Waals surface area contributed by atoms with Crippen molar-refractivity contribution in [1.82, 2.24) is 5.32 Å². The van der Waals surface area contributed by atoms with Gasteiger partial charge in [0.25, 0.3) is 0 Å². The molecular formula is C18H25NO4. The van der Waals surface area contributed by atoms with Gasteiger partial charge in [-0.2, -0.15) is 0 Å². The van der Waals surface area contributed by atoms with E-state index < -0.39 is 5.97 Å². The zero-order valence-electron chi connectivity index (χ0n) is 13.7. The minimum atomic E-state index is -0.743. The van der Waals surface area contributed by atoms with Crippen LogP contribution in [0.1, 0.15) is 45.1 Å². The number of ether oxygens (including phenoxy) is 1. The van der Waals surface area contributed by atoms with Crippen molar-refractivity contribution >= 4 is 11.9 Å². The number of amides is 1. The van der Waals surface area contributed by atoms with E-state index in [2.05, 4.69) is 5.32 Å². The van der Waals surface area contributed by atoms with Crippen molar-refractivity contribution in [3.63, 3.8) is 0 Å².